The fourth-order valence-corrected chi connectivity index (χ4v) is 4.71. The maximum absolute atomic E-state index is 12.5. The first-order chi connectivity index (χ1) is 18.8. The van der Waals surface area contributed by atoms with Gasteiger partial charge in [0.2, 0.25) is 5.88 Å². The third-order valence-electron chi connectivity index (χ3n) is 6.44. The predicted molar refractivity (Wildman–Crippen MR) is 148 cm³/mol. The van der Waals surface area contributed by atoms with Gasteiger partial charge in [-0.05, 0) is 25.5 Å². The Morgan fingerprint density at radius 3 is 2.03 bits per heavy atom. The lowest BCUT2D eigenvalue weighted by Crippen LogP contribution is -2.26. The second kappa shape index (κ2) is 11.1. The van der Waals surface area contributed by atoms with Crippen LogP contribution in [-0.4, -0.2) is 41.3 Å². The summed E-state index contributed by atoms with van der Waals surface area (Å²) in [4.78, 5) is 19.4. The third kappa shape index (κ3) is 5.69. The average Bonchev–Trinajstić information content (AvgIpc) is 3.51. The van der Waals surface area contributed by atoms with Crippen LogP contribution < -0.4 is 0 Å². The fourth-order valence-electron chi connectivity index (χ4n) is 4.30. The second-order valence-electron chi connectivity index (χ2n) is 9.05. The first kappa shape index (κ1) is 26.1. The van der Waals surface area contributed by atoms with Gasteiger partial charge >= 0.3 is 5.97 Å². The summed E-state index contributed by atoms with van der Waals surface area (Å²) in [6.45, 7) is 1.68. The number of rotatable bonds is 8. The van der Waals surface area contributed by atoms with E-state index >= 15 is 0 Å². The minimum atomic E-state index is -4.22. The van der Waals surface area contributed by atoms with E-state index in [1.54, 1.807) is 12.2 Å². The monoisotopic (exact) mass is 542 g/mol. The van der Waals surface area contributed by atoms with Gasteiger partial charge in [0, 0.05) is 23.2 Å². The standard InChI is InChI=1S/C30H26N2O6S/c1-21(39(34,35)36)19-20-32-26(18-17-25-27(31-38-30(25)33)22-11-5-2-6-12-22)37-29(24-15-9-4-10-16-24)28(32)23-13-7-3-8-14-23/h2-18,21H,19-20H2,1H3,(H,34,35,36). The van der Waals surface area contributed by atoms with Gasteiger partial charge in [-0.2, -0.15) is 8.42 Å². The SMILES string of the molecule is CC(CCN1C(=CC=C2C(=O)ON=C2c2ccccc2)OC(c2ccccc2)=C1c1ccccc1)S(=O)(=O)O. The van der Waals surface area contributed by atoms with Gasteiger partial charge in [-0.15, -0.1) is 0 Å². The highest BCUT2D eigenvalue weighted by Gasteiger charge is 2.33. The average molecular weight is 543 g/mol. The minimum absolute atomic E-state index is 0.132. The predicted octanol–water partition coefficient (Wildman–Crippen LogP) is 5.24. The normalized spacial score (nSPS) is 18.4. The van der Waals surface area contributed by atoms with E-state index in [1.165, 1.54) is 6.92 Å². The van der Waals surface area contributed by atoms with Crippen LogP contribution in [0.3, 0.4) is 0 Å². The number of allylic oxidation sites excluding steroid dienone is 2. The molecule has 0 aromatic heterocycles. The molecular weight excluding hydrogens is 516 g/mol. The Kier molecular flexibility index (Phi) is 7.44. The van der Waals surface area contributed by atoms with Gasteiger partial charge < -0.3 is 14.5 Å². The Labute approximate surface area is 226 Å². The van der Waals surface area contributed by atoms with Crippen molar-refractivity contribution in [2.24, 2.45) is 5.16 Å². The second-order valence-corrected chi connectivity index (χ2v) is 10.9. The first-order valence-electron chi connectivity index (χ1n) is 12.4. The lowest BCUT2D eigenvalue weighted by Gasteiger charge is -2.22. The summed E-state index contributed by atoms with van der Waals surface area (Å²) in [7, 11) is -4.22. The van der Waals surface area contributed by atoms with E-state index in [0.29, 0.717) is 17.4 Å². The van der Waals surface area contributed by atoms with Crippen molar-refractivity contribution in [3.63, 3.8) is 0 Å². The van der Waals surface area contributed by atoms with Crippen molar-refractivity contribution in [2.75, 3.05) is 6.54 Å². The molecule has 1 atom stereocenters. The van der Waals surface area contributed by atoms with Crippen LogP contribution in [0.5, 0.6) is 0 Å². The number of benzene rings is 3. The van der Waals surface area contributed by atoms with E-state index in [4.69, 9.17) is 9.57 Å². The molecule has 9 heteroatoms. The molecule has 0 spiro atoms. The molecule has 3 aromatic carbocycles. The lowest BCUT2D eigenvalue weighted by atomic mass is 10.0. The molecule has 0 amide bonds. The zero-order valence-corrected chi connectivity index (χ0v) is 21.9. The van der Waals surface area contributed by atoms with Crippen LogP contribution in [0.1, 0.15) is 30.0 Å². The highest BCUT2D eigenvalue weighted by molar-refractivity contribution is 7.86. The molecule has 2 heterocycles. The Morgan fingerprint density at radius 2 is 1.44 bits per heavy atom. The van der Waals surface area contributed by atoms with Gasteiger partial charge in [0.15, 0.2) is 5.76 Å². The Bertz CT molecular complexity index is 1590. The molecule has 0 saturated heterocycles. The van der Waals surface area contributed by atoms with Crippen LogP contribution in [0, 0.1) is 0 Å². The maximum Gasteiger partial charge on any atom is 0.368 e. The number of nitrogens with zero attached hydrogens (tertiary/aromatic N) is 2. The summed E-state index contributed by atoms with van der Waals surface area (Å²) in [6, 6.07) is 28.4. The molecular formula is C30H26N2O6S. The van der Waals surface area contributed by atoms with Crippen molar-refractivity contribution in [1.29, 1.82) is 0 Å². The zero-order valence-electron chi connectivity index (χ0n) is 21.1. The van der Waals surface area contributed by atoms with Crippen molar-refractivity contribution in [3.8, 4) is 0 Å². The Balaban J connectivity index is 1.59. The van der Waals surface area contributed by atoms with E-state index in [0.717, 1.165) is 22.4 Å². The molecule has 5 rings (SSSR count). The molecule has 198 valence electrons. The summed E-state index contributed by atoms with van der Waals surface area (Å²) in [6.07, 6.45) is 3.37. The fraction of sp³-hybridized carbons (Fsp3) is 0.133. The number of ether oxygens (including phenoxy) is 1. The Morgan fingerprint density at radius 1 is 0.872 bits per heavy atom. The largest absolute Gasteiger partial charge is 0.438 e. The molecule has 2 aliphatic heterocycles. The molecule has 3 aromatic rings. The molecule has 0 fully saturated rings. The van der Waals surface area contributed by atoms with E-state index in [-0.39, 0.29) is 18.5 Å². The zero-order chi connectivity index (χ0) is 27.4. The van der Waals surface area contributed by atoms with Crippen LogP contribution in [-0.2, 0) is 24.5 Å². The summed E-state index contributed by atoms with van der Waals surface area (Å²) in [5, 5.41) is 2.97. The highest BCUT2D eigenvalue weighted by Crippen LogP contribution is 2.41. The molecule has 0 radical (unpaired) electrons. The third-order valence-corrected chi connectivity index (χ3v) is 7.70. The number of carbonyl (C=O) groups excluding carboxylic acids is 1. The minimum Gasteiger partial charge on any atom is -0.438 e. The van der Waals surface area contributed by atoms with Gasteiger partial charge in [-0.1, -0.05) is 96.2 Å². The molecule has 1 N–H and O–H groups in total. The van der Waals surface area contributed by atoms with Crippen LogP contribution in [0.25, 0.3) is 11.5 Å². The van der Waals surface area contributed by atoms with Crippen LogP contribution in [0.2, 0.25) is 0 Å². The van der Waals surface area contributed by atoms with Gasteiger partial charge in [0.05, 0.1) is 16.5 Å². The highest BCUT2D eigenvalue weighted by atomic mass is 32.2. The summed E-state index contributed by atoms with van der Waals surface area (Å²) < 4.78 is 39.5. The first-order valence-corrected chi connectivity index (χ1v) is 13.9. The molecule has 1 unspecified atom stereocenters. The molecule has 0 aliphatic carbocycles. The topological polar surface area (TPSA) is 106 Å². The van der Waals surface area contributed by atoms with E-state index in [2.05, 4.69) is 5.16 Å². The summed E-state index contributed by atoms with van der Waals surface area (Å²) in [5.74, 6) is 0.376. The van der Waals surface area contributed by atoms with Crippen molar-refractivity contribution in [2.45, 2.75) is 18.6 Å². The van der Waals surface area contributed by atoms with Crippen molar-refractivity contribution in [3.05, 3.63) is 131 Å². The van der Waals surface area contributed by atoms with Gasteiger partial charge in [0.25, 0.3) is 10.1 Å². The number of hydrogen-bond acceptors (Lipinski definition) is 7. The summed E-state index contributed by atoms with van der Waals surface area (Å²) >= 11 is 0. The molecule has 2 aliphatic rings. The summed E-state index contributed by atoms with van der Waals surface area (Å²) in [5.41, 5.74) is 3.82. The smallest absolute Gasteiger partial charge is 0.368 e. The van der Waals surface area contributed by atoms with Crippen molar-refractivity contribution in [1.82, 2.24) is 4.90 Å². The molecule has 8 nitrogen and oxygen atoms in total. The number of oxime groups is 1. The van der Waals surface area contributed by atoms with Gasteiger partial charge in [-0.3, -0.25) is 4.55 Å². The molecule has 0 saturated carbocycles. The van der Waals surface area contributed by atoms with Crippen molar-refractivity contribution < 1.29 is 27.3 Å². The van der Waals surface area contributed by atoms with Gasteiger partial charge in [0.1, 0.15) is 5.71 Å². The van der Waals surface area contributed by atoms with Crippen LogP contribution in [0.15, 0.2) is 120 Å². The number of hydrogen-bond donors (Lipinski definition) is 1. The van der Waals surface area contributed by atoms with Crippen LogP contribution in [0.4, 0.5) is 0 Å². The quantitative estimate of drug-likeness (QED) is 0.236. The van der Waals surface area contributed by atoms with E-state index in [1.807, 2.05) is 95.9 Å². The van der Waals surface area contributed by atoms with Crippen LogP contribution >= 0.6 is 0 Å². The number of carbonyl (C=O) groups is 1. The van der Waals surface area contributed by atoms with Crippen molar-refractivity contribution >= 4 is 33.3 Å². The lowest BCUT2D eigenvalue weighted by molar-refractivity contribution is -0.136. The van der Waals surface area contributed by atoms with E-state index < -0.39 is 21.3 Å². The Hall–Kier alpha value is -4.47. The molecule has 0 bridgehead atoms. The maximum atomic E-state index is 12.5. The van der Waals surface area contributed by atoms with Gasteiger partial charge in [-0.25, -0.2) is 4.79 Å². The molecule has 39 heavy (non-hydrogen) atoms. The van der Waals surface area contributed by atoms with E-state index in [9.17, 15) is 17.8 Å².